The molecule has 0 spiro atoms. The van der Waals surface area contributed by atoms with Gasteiger partial charge in [0.25, 0.3) is 10.0 Å². The number of aromatic nitrogens is 1. The van der Waals surface area contributed by atoms with Gasteiger partial charge in [-0.2, -0.15) is 0 Å². The van der Waals surface area contributed by atoms with E-state index >= 15 is 0 Å². The Balaban J connectivity index is 2.47. The molecule has 2 rings (SSSR count). The zero-order chi connectivity index (χ0) is 14.9. The first-order valence-electron chi connectivity index (χ1n) is 5.50. The molecule has 3 N–H and O–H groups in total. The average Bonchev–Trinajstić information content (AvgIpc) is 2.36. The Morgan fingerprint density at radius 3 is 2.60 bits per heavy atom. The molecule has 1 aromatic heterocycles. The third-order valence-electron chi connectivity index (χ3n) is 2.60. The van der Waals surface area contributed by atoms with E-state index in [2.05, 4.69) is 9.71 Å². The molecule has 0 fully saturated rings. The quantitative estimate of drug-likeness (QED) is 0.846. The van der Waals surface area contributed by atoms with Gasteiger partial charge < -0.3 is 5.73 Å². The summed E-state index contributed by atoms with van der Waals surface area (Å²) in [5.74, 6) is 0.0318. The van der Waals surface area contributed by atoms with Gasteiger partial charge in [0, 0.05) is 11.9 Å². The minimum absolute atomic E-state index is 0.0318. The number of hydrogen-bond acceptors (Lipinski definition) is 4. The largest absolute Gasteiger partial charge is 0.398 e. The summed E-state index contributed by atoms with van der Waals surface area (Å²) in [5, 5.41) is 0.267. The van der Waals surface area contributed by atoms with Crippen molar-refractivity contribution in [1.29, 1.82) is 0 Å². The highest BCUT2D eigenvalue weighted by Crippen LogP contribution is 2.29. The van der Waals surface area contributed by atoms with Crippen LogP contribution < -0.4 is 10.5 Å². The first kappa shape index (κ1) is 14.9. The van der Waals surface area contributed by atoms with E-state index in [-0.39, 0.29) is 20.8 Å². The normalized spacial score (nSPS) is 11.3. The Hall–Kier alpha value is -1.50. The molecule has 0 radical (unpaired) electrons. The van der Waals surface area contributed by atoms with Crippen molar-refractivity contribution in [1.82, 2.24) is 4.98 Å². The van der Waals surface area contributed by atoms with E-state index < -0.39 is 10.0 Å². The number of sulfonamides is 1. The molecular formula is C12H11Cl2N3O2S. The van der Waals surface area contributed by atoms with E-state index in [1.165, 1.54) is 24.4 Å². The fraction of sp³-hybridized carbons (Fsp3) is 0.0833. The van der Waals surface area contributed by atoms with Gasteiger partial charge >= 0.3 is 0 Å². The molecule has 0 bridgehead atoms. The van der Waals surface area contributed by atoms with Crippen LogP contribution in [0, 0.1) is 6.92 Å². The van der Waals surface area contributed by atoms with Crippen LogP contribution in [0.3, 0.4) is 0 Å². The van der Waals surface area contributed by atoms with E-state index in [0.717, 1.165) is 0 Å². The van der Waals surface area contributed by atoms with Crippen LogP contribution in [0.1, 0.15) is 5.56 Å². The standard InChI is InChI=1S/C12H11Cl2N3O2S/c1-7-5-9(14)11(6-10(7)15)20(18,19)17-12-8(13)3-2-4-16-12/h2-6H,15H2,1H3,(H,16,17). The zero-order valence-electron chi connectivity index (χ0n) is 10.4. The maximum Gasteiger partial charge on any atom is 0.264 e. The van der Waals surface area contributed by atoms with Gasteiger partial charge in [-0.05, 0) is 36.8 Å². The summed E-state index contributed by atoms with van der Waals surface area (Å²) in [5.41, 5.74) is 6.75. The van der Waals surface area contributed by atoms with Crippen LogP contribution in [0.4, 0.5) is 11.5 Å². The molecule has 2 aromatic rings. The van der Waals surface area contributed by atoms with Crippen LogP contribution in [-0.2, 0) is 10.0 Å². The highest BCUT2D eigenvalue weighted by atomic mass is 35.5. The van der Waals surface area contributed by atoms with Crippen molar-refractivity contribution in [2.45, 2.75) is 11.8 Å². The number of halogens is 2. The van der Waals surface area contributed by atoms with Gasteiger partial charge in [-0.3, -0.25) is 4.72 Å². The number of benzene rings is 1. The summed E-state index contributed by atoms with van der Waals surface area (Å²) in [4.78, 5) is 3.74. The number of aryl methyl sites for hydroxylation is 1. The predicted octanol–water partition coefficient (Wildman–Crippen LogP) is 3.08. The van der Waals surface area contributed by atoms with Crippen molar-refractivity contribution in [3.63, 3.8) is 0 Å². The predicted molar refractivity (Wildman–Crippen MR) is 80.7 cm³/mol. The van der Waals surface area contributed by atoms with Crippen LogP contribution in [0.15, 0.2) is 35.4 Å². The number of hydrogen-bond donors (Lipinski definition) is 2. The smallest absolute Gasteiger partial charge is 0.264 e. The monoisotopic (exact) mass is 331 g/mol. The average molecular weight is 332 g/mol. The maximum atomic E-state index is 12.3. The summed E-state index contributed by atoms with van der Waals surface area (Å²) >= 11 is 11.8. The van der Waals surface area contributed by atoms with Gasteiger partial charge in [-0.25, -0.2) is 13.4 Å². The van der Waals surface area contributed by atoms with Crippen LogP contribution in [-0.4, -0.2) is 13.4 Å². The van der Waals surface area contributed by atoms with E-state index in [4.69, 9.17) is 28.9 Å². The summed E-state index contributed by atoms with van der Waals surface area (Å²) in [6.45, 7) is 1.74. The molecule has 20 heavy (non-hydrogen) atoms. The Morgan fingerprint density at radius 1 is 1.25 bits per heavy atom. The van der Waals surface area contributed by atoms with Gasteiger partial charge in [-0.15, -0.1) is 0 Å². The van der Waals surface area contributed by atoms with Crippen LogP contribution in [0.2, 0.25) is 10.0 Å². The molecule has 0 aliphatic carbocycles. The topological polar surface area (TPSA) is 85.1 Å². The molecule has 0 aliphatic heterocycles. The van der Waals surface area contributed by atoms with Crippen molar-refractivity contribution in [2.24, 2.45) is 0 Å². The highest BCUT2D eigenvalue weighted by molar-refractivity contribution is 7.92. The molecule has 106 valence electrons. The molecule has 0 saturated carbocycles. The lowest BCUT2D eigenvalue weighted by atomic mass is 10.2. The van der Waals surface area contributed by atoms with Crippen molar-refractivity contribution in [2.75, 3.05) is 10.5 Å². The van der Waals surface area contributed by atoms with E-state index in [0.29, 0.717) is 11.3 Å². The van der Waals surface area contributed by atoms with E-state index in [1.807, 2.05) is 0 Å². The third kappa shape index (κ3) is 2.98. The molecule has 5 nitrogen and oxygen atoms in total. The SMILES string of the molecule is Cc1cc(Cl)c(S(=O)(=O)Nc2ncccc2Cl)cc1N. The fourth-order valence-corrected chi connectivity index (χ4v) is 3.39. The number of pyridine rings is 1. The summed E-state index contributed by atoms with van der Waals surface area (Å²) in [7, 11) is -3.91. The van der Waals surface area contributed by atoms with Crippen molar-refractivity contribution in [3.8, 4) is 0 Å². The summed E-state index contributed by atoms with van der Waals surface area (Å²) < 4.78 is 26.9. The van der Waals surface area contributed by atoms with E-state index in [1.54, 1.807) is 13.0 Å². The molecule has 0 amide bonds. The molecular weight excluding hydrogens is 321 g/mol. The number of nitrogens with zero attached hydrogens (tertiary/aromatic N) is 1. The van der Waals surface area contributed by atoms with Gasteiger partial charge in [0.15, 0.2) is 5.82 Å². The van der Waals surface area contributed by atoms with Crippen LogP contribution in [0.25, 0.3) is 0 Å². The molecule has 0 saturated heterocycles. The second-order valence-electron chi connectivity index (χ2n) is 4.08. The second-order valence-corrected chi connectivity index (χ2v) is 6.54. The minimum Gasteiger partial charge on any atom is -0.398 e. The number of nitrogens with one attached hydrogen (secondary N) is 1. The lowest BCUT2D eigenvalue weighted by Crippen LogP contribution is -2.15. The van der Waals surface area contributed by atoms with Crippen molar-refractivity contribution >= 4 is 44.7 Å². The number of nitrogens with two attached hydrogens (primary N) is 1. The van der Waals surface area contributed by atoms with Crippen LogP contribution >= 0.6 is 23.2 Å². The summed E-state index contributed by atoms with van der Waals surface area (Å²) in [6, 6.07) is 5.91. The van der Waals surface area contributed by atoms with Crippen LogP contribution in [0.5, 0.6) is 0 Å². The van der Waals surface area contributed by atoms with Gasteiger partial charge in [0.2, 0.25) is 0 Å². The Labute approximate surface area is 126 Å². The Morgan fingerprint density at radius 2 is 1.95 bits per heavy atom. The molecule has 1 heterocycles. The molecule has 1 aromatic carbocycles. The molecule has 8 heteroatoms. The first-order valence-corrected chi connectivity index (χ1v) is 7.74. The summed E-state index contributed by atoms with van der Waals surface area (Å²) in [6.07, 6.45) is 1.43. The molecule has 0 aliphatic rings. The highest BCUT2D eigenvalue weighted by Gasteiger charge is 2.20. The maximum absolute atomic E-state index is 12.3. The number of rotatable bonds is 3. The number of anilines is 2. The Bertz CT molecular complexity index is 763. The lowest BCUT2D eigenvalue weighted by molar-refractivity contribution is 0.601. The molecule has 0 unspecified atom stereocenters. The Kier molecular flexibility index (Phi) is 4.08. The van der Waals surface area contributed by atoms with E-state index in [9.17, 15) is 8.42 Å². The van der Waals surface area contributed by atoms with Gasteiger partial charge in [-0.1, -0.05) is 23.2 Å². The van der Waals surface area contributed by atoms with Gasteiger partial charge in [0.1, 0.15) is 4.90 Å². The minimum atomic E-state index is -3.91. The van der Waals surface area contributed by atoms with Gasteiger partial charge in [0.05, 0.1) is 10.0 Å². The lowest BCUT2D eigenvalue weighted by Gasteiger charge is -2.11. The fourth-order valence-electron chi connectivity index (χ4n) is 1.52. The zero-order valence-corrected chi connectivity index (χ0v) is 12.7. The third-order valence-corrected chi connectivity index (χ3v) is 4.71. The molecule has 0 atom stereocenters. The number of nitrogen functional groups attached to an aromatic ring is 1. The first-order chi connectivity index (χ1) is 9.31. The van der Waals surface area contributed by atoms with Crippen molar-refractivity contribution < 1.29 is 8.42 Å². The second kappa shape index (κ2) is 5.47. The van der Waals surface area contributed by atoms with Crippen molar-refractivity contribution in [3.05, 3.63) is 46.1 Å².